The number of hydrogen-bond donors (Lipinski definition) is 1. The van der Waals surface area contributed by atoms with Gasteiger partial charge in [0.05, 0.1) is 0 Å². The molecule has 0 fully saturated rings. The van der Waals surface area contributed by atoms with Crippen molar-refractivity contribution in [3.8, 4) is 5.75 Å². The summed E-state index contributed by atoms with van der Waals surface area (Å²) in [7, 11) is -1.43. The van der Waals surface area contributed by atoms with E-state index in [1.54, 1.807) is 0 Å². The van der Waals surface area contributed by atoms with E-state index in [1.165, 1.54) is 50.1 Å². The normalized spacial score (nSPS) is 13.8. The van der Waals surface area contributed by atoms with Crippen LogP contribution >= 0.6 is 10.0 Å². The maximum atomic E-state index is 14.0. The van der Waals surface area contributed by atoms with Gasteiger partial charge in [0.25, 0.3) is 0 Å². The number of amides is 1. The summed E-state index contributed by atoms with van der Waals surface area (Å²) in [5.74, 6) is -1.99. The molecule has 28 heavy (non-hydrogen) atoms. The van der Waals surface area contributed by atoms with Crippen molar-refractivity contribution >= 4 is 16.1 Å². The Balaban J connectivity index is 2.71. The number of carbonyl (C=O) groups is 1. The first-order chi connectivity index (χ1) is 12.5. The molecule has 0 heterocycles. The molecule has 1 N–H and O–H groups in total. The van der Waals surface area contributed by atoms with E-state index in [2.05, 4.69) is 4.74 Å². The van der Waals surface area contributed by atoms with Crippen LogP contribution in [-0.4, -0.2) is 65.6 Å². The van der Waals surface area contributed by atoms with Crippen molar-refractivity contribution in [1.82, 2.24) is 4.90 Å². The average molecular weight is 429 g/mol. The Kier molecular flexibility index (Phi) is 7.27. The van der Waals surface area contributed by atoms with Gasteiger partial charge >= 0.3 is 17.5 Å². The highest BCUT2D eigenvalue weighted by Gasteiger charge is 2.64. The second-order valence-corrected chi connectivity index (χ2v) is 11.8. The van der Waals surface area contributed by atoms with Gasteiger partial charge < -0.3 is 19.5 Å². The predicted molar refractivity (Wildman–Crippen MR) is 101 cm³/mol. The molecular weight excluding hydrogens is 402 g/mol. The highest BCUT2D eigenvalue weighted by molar-refractivity contribution is 8.33. The molecule has 0 bridgehead atoms. The van der Waals surface area contributed by atoms with Crippen LogP contribution in [0.1, 0.15) is 19.4 Å². The SMILES string of the molecule is CN(CCc1ccc(OC(F)(F)C(F)(F)S(C)(C)C)cc1)C(=O)OC(C)(C)O. The minimum absolute atomic E-state index is 0.233. The maximum absolute atomic E-state index is 14.0. The Morgan fingerprint density at radius 2 is 1.61 bits per heavy atom. The fraction of sp³-hybridized carbons (Fsp3) is 0.611. The lowest BCUT2D eigenvalue weighted by molar-refractivity contribution is -0.271. The molecule has 0 saturated heterocycles. The van der Waals surface area contributed by atoms with Crippen LogP contribution in [0.25, 0.3) is 0 Å². The third kappa shape index (κ3) is 6.44. The summed E-state index contributed by atoms with van der Waals surface area (Å²) >= 11 is 0. The molecule has 1 amide bonds. The molecule has 162 valence electrons. The quantitative estimate of drug-likeness (QED) is 0.495. The zero-order valence-corrected chi connectivity index (χ0v) is 17.6. The summed E-state index contributed by atoms with van der Waals surface area (Å²) in [5, 5.41) is 5.17. The summed E-state index contributed by atoms with van der Waals surface area (Å²) in [5.41, 5.74) is 0.673. The van der Waals surface area contributed by atoms with Crippen LogP contribution in [0.15, 0.2) is 24.3 Å². The molecule has 5 nitrogen and oxygen atoms in total. The first-order valence-electron chi connectivity index (χ1n) is 8.34. The molecule has 1 aromatic rings. The van der Waals surface area contributed by atoms with E-state index in [0.717, 1.165) is 18.8 Å². The number of halogens is 4. The highest BCUT2D eigenvalue weighted by atomic mass is 32.3. The van der Waals surface area contributed by atoms with Crippen LogP contribution in [0.5, 0.6) is 5.75 Å². The van der Waals surface area contributed by atoms with Gasteiger partial charge in [-0.15, -0.1) is 0 Å². The molecule has 0 aromatic heterocycles. The van der Waals surface area contributed by atoms with E-state index in [9.17, 15) is 27.5 Å². The molecule has 0 atom stereocenters. The molecule has 0 aliphatic heterocycles. The van der Waals surface area contributed by atoms with Crippen molar-refractivity contribution in [2.45, 2.75) is 37.4 Å². The zero-order chi connectivity index (χ0) is 22.0. The van der Waals surface area contributed by atoms with Crippen molar-refractivity contribution in [2.75, 3.05) is 32.4 Å². The molecule has 1 aromatic carbocycles. The van der Waals surface area contributed by atoms with E-state index >= 15 is 0 Å². The summed E-state index contributed by atoms with van der Waals surface area (Å²) in [6, 6.07) is 5.24. The van der Waals surface area contributed by atoms with Crippen molar-refractivity contribution in [3.63, 3.8) is 0 Å². The van der Waals surface area contributed by atoms with Gasteiger partial charge in [-0.1, -0.05) is 12.1 Å². The Hall–Kier alpha value is -1.68. The fourth-order valence-electron chi connectivity index (χ4n) is 1.97. The van der Waals surface area contributed by atoms with E-state index < -0.39 is 33.3 Å². The van der Waals surface area contributed by atoms with Gasteiger partial charge in [-0.3, -0.25) is 0 Å². The molecule has 10 heteroatoms. The monoisotopic (exact) mass is 429 g/mol. The molecule has 0 unspecified atom stereocenters. The van der Waals surface area contributed by atoms with E-state index in [0.29, 0.717) is 12.0 Å². The number of nitrogens with zero attached hydrogens (tertiary/aromatic N) is 1. The predicted octanol–water partition coefficient (Wildman–Crippen LogP) is 4.28. The number of likely N-dealkylation sites (N-methyl/N-ethyl adjacent to an activating group) is 1. The van der Waals surface area contributed by atoms with Crippen LogP contribution in [0.3, 0.4) is 0 Å². The Morgan fingerprint density at radius 1 is 1.11 bits per heavy atom. The molecule has 0 aliphatic rings. The first kappa shape index (κ1) is 24.4. The van der Waals surface area contributed by atoms with Crippen LogP contribution in [0, 0.1) is 0 Å². The van der Waals surface area contributed by atoms with Crippen molar-refractivity contribution in [2.24, 2.45) is 0 Å². The summed E-state index contributed by atoms with van der Waals surface area (Å²) in [6.07, 6.45) is -1.73. The van der Waals surface area contributed by atoms with E-state index in [-0.39, 0.29) is 12.3 Å². The largest absolute Gasteiger partial charge is 0.473 e. The van der Waals surface area contributed by atoms with Crippen LogP contribution in [-0.2, 0) is 11.2 Å². The lowest BCUT2D eigenvalue weighted by Crippen LogP contribution is -2.47. The van der Waals surface area contributed by atoms with Crippen LogP contribution in [0.2, 0.25) is 0 Å². The van der Waals surface area contributed by atoms with Gasteiger partial charge in [-0.05, 0) is 42.9 Å². The van der Waals surface area contributed by atoms with Gasteiger partial charge in [0.1, 0.15) is 5.75 Å². The molecule has 0 radical (unpaired) electrons. The summed E-state index contributed by atoms with van der Waals surface area (Å²) in [4.78, 5) is 13.0. The average Bonchev–Trinajstić information content (AvgIpc) is 2.50. The molecule has 0 saturated carbocycles. The minimum Gasteiger partial charge on any atom is -0.427 e. The van der Waals surface area contributed by atoms with Gasteiger partial charge in [-0.25, -0.2) is 4.79 Å². The van der Waals surface area contributed by atoms with Gasteiger partial charge in [0.2, 0.25) is 5.79 Å². The standard InChI is InChI=1S/C18H27F4NO4S/c1-16(2,25)27-15(24)23(3)12-11-13-7-9-14(10-8-13)26-17(19,20)18(21,22)28(4,5)6/h7-10,25H,11-12H2,1-6H3. The Labute approximate surface area is 163 Å². The first-order valence-corrected chi connectivity index (χ1v) is 11.2. The molecule has 1 rings (SSSR count). The van der Waals surface area contributed by atoms with Crippen LogP contribution in [0.4, 0.5) is 22.4 Å². The zero-order valence-electron chi connectivity index (χ0n) is 16.8. The number of ether oxygens (including phenoxy) is 2. The lowest BCUT2D eigenvalue weighted by atomic mass is 10.1. The summed E-state index contributed by atoms with van der Waals surface area (Å²) in [6.45, 7) is 2.87. The Bertz CT molecular complexity index is 670. The molecule has 0 aliphatic carbocycles. The fourth-order valence-corrected chi connectivity index (χ4v) is 2.72. The second-order valence-electron chi connectivity index (χ2n) is 7.60. The highest BCUT2D eigenvalue weighted by Crippen LogP contribution is 2.59. The topological polar surface area (TPSA) is 59.0 Å². The number of alkyl halides is 4. The second kappa shape index (κ2) is 8.36. The number of rotatable bonds is 8. The van der Waals surface area contributed by atoms with Gasteiger partial charge in [0.15, 0.2) is 0 Å². The smallest absolute Gasteiger partial charge is 0.427 e. The lowest BCUT2D eigenvalue weighted by Gasteiger charge is -2.39. The third-order valence-electron chi connectivity index (χ3n) is 3.66. The van der Waals surface area contributed by atoms with Crippen molar-refractivity contribution < 1.29 is 36.9 Å². The van der Waals surface area contributed by atoms with Crippen molar-refractivity contribution in [1.29, 1.82) is 0 Å². The number of carbonyl (C=O) groups excluding carboxylic acids is 1. The number of benzene rings is 1. The van der Waals surface area contributed by atoms with E-state index in [1.807, 2.05) is 0 Å². The molecule has 0 spiro atoms. The van der Waals surface area contributed by atoms with Gasteiger partial charge in [0, 0.05) is 27.4 Å². The summed E-state index contributed by atoms with van der Waals surface area (Å²) < 4.78 is 64.9. The molecular formula is C18H27F4NO4S. The number of aliphatic hydroxyl groups is 1. The number of hydrogen-bond acceptors (Lipinski definition) is 4. The van der Waals surface area contributed by atoms with E-state index in [4.69, 9.17) is 4.74 Å². The third-order valence-corrected chi connectivity index (χ3v) is 5.44. The maximum Gasteiger partial charge on any atom is 0.473 e. The minimum atomic E-state index is -4.64. The van der Waals surface area contributed by atoms with Crippen LogP contribution < -0.4 is 4.74 Å². The van der Waals surface area contributed by atoms with Crippen molar-refractivity contribution in [3.05, 3.63) is 29.8 Å². The Morgan fingerprint density at radius 3 is 2.04 bits per heavy atom. The van der Waals surface area contributed by atoms with Gasteiger partial charge in [-0.2, -0.15) is 27.6 Å².